The van der Waals surface area contributed by atoms with E-state index in [0.29, 0.717) is 21.5 Å². The topological polar surface area (TPSA) is 58.1 Å². The highest BCUT2D eigenvalue weighted by Gasteiger charge is 2.15. The Labute approximate surface area is 155 Å². The first-order chi connectivity index (χ1) is 12.0. The highest BCUT2D eigenvalue weighted by molar-refractivity contribution is 7.15. The van der Waals surface area contributed by atoms with E-state index in [2.05, 4.69) is 15.3 Å². The van der Waals surface area contributed by atoms with Crippen LogP contribution in [0.15, 0.2) is 48.8 Å². The van der Waals surface area contributed by atoms with Crippen molar-refractivity contribution in [2.45, 2.75) is 6.42 Å². The van der Waals surface area contributed by atoms with E-state index in [1.807, 2.05) is 38.4 Å². The second kappa shape index (κ2) is 7.63. The maximum absolute atomic E-state index is 12.5. The highest BCUT2D eigenvalue weighted by atomic mass is 35.5. The largest absolute Gasteiger partial charge is 0.362 e. The summed E-state index contributed by atoms with van der Waals surface area (Å²) in [6.45, 7) is 0. The SMILES string of the molecule is CN(C)c1ncccc1C(=O)Nc1ncc(Cc2cccc(Cl)c2)s1. The number of aromatic nitrogens is 2. The normalized spacial score (nSPS) is 10.5. The number of carbonyl (C=O) groups is 1. The fourth-order valence-electron chi connectivity index (χ4n) is 2.39. The first-order valence-electron chi connectivity index (χ1n) is 7.66. The van der Waals surface area contributed by atoms with Crippen LogP contribution in [0, 0.1) is 0 Å². The number of hydrogen-bond donors (Lipinski definition) is 1. The summed E-state index contributed by atoms with van der Waals surface area (Å²) >= 11 is 7.46. The van der Waals surface area contributed by atoms with Crippen LogP contribution in [0.5, 0.6) is 0 Å². The third kappa shape index (κ3) is 4.35. The molecule has 0 spiro atoms. The second-order valence-electron chi connectivity index (χ2n) is 5.66. The summed E-state index contributed by atoms with van der Waals surface area (Å²) in [5.41, 5.74) is 1.62. The molecule has 0 aliphatic rings. The smallest absolute Gasteiger partial charge is 0.261 e. The molecule has 0 fully saturated rings. The highest BCUT2D eigenvalue weighted by Crippen LogP contribution is 2.24. The number of thiazole rings is 1. The van der Waals surface area contributed by atoms with Gasteiger partial charge in [0.15, 0.2) is 5.13 Å². The average molecular weight is 373 g/mol. The monoisotopic (exact) mass is 372 g/mol. The van der Waals surface area contributed by atoms with Gasteiger partial charge in [0, 0.05) is 42.8 Å². The van der Waals surface area contributed by atoms with Crippen molar-refractivity contribution >= 4 is 39.8 Å². The third-order valence-electron chi connectivity index (χ3n) is 3.50. The Kier molecular flexibility index (Phi) is 5.31. The number of amides is 1. The van der Waals surface area contributed by atoms with Gasteiger partial charge in [0.2, 0.25) is 0 Å². The molecule has 25 heavy (non-hydrogen) atoms. The molecule has 5 nitrogen and oxygen atoms in total. The van der Waals surface area contributed by atoms with Gasteiger partial charge >= 0.3 is 0 Å². The van der Waals surface area contributed by atoms with Crippen LogP contribution in [0.4, 0.5) is 10.9 Å². The Morgan fingerprint density at radius 3 is 2.84 bits per heavy atom. The van der Waals surface area contributed by atoms with Gasteiger partial charge < -0.3 is 4.90 Å². The Morgan fingerprint density at radius 2 is 2.08 bits per heavy atom. The van der Waals surface area contributed by atoms with E-state index in [-0.39, 0.29) is 5.91 Å². The van der Waals surface area contributed by atoms with Crippen molar-refractivity contribution in [2.75, 3.05) is 24.3 Å². The van der Waals surface area contributed by atoms with Gasteiger partial charge in [0.25, 0.3) is 5.91 Å². The van der Waals surface area contributed by atoms with Crippen LogP contribution in [-0.4, -0.2) is 30.0 Å². The summed E-state index contributed by atoms with van der Waals surface area (Å²) in [5.74, 6) is 0.399. The maximum atomic E-state index is 12.5. The number of halogens is 1. The summed E-state index contributed by atoms with van der Waals surface area (Å²) in [6, 6.07) is 11.2. The summed E-state index contributed by atoms with van der Waals surface area (Å²) in [4.78, 5) is 23.9. The molecule has 7 heteroatoms. The van der Waals surface area contributed by atoms with Crippen LogP contribution in [-0.2, 0) is 6.42 Å². The fourth-order valence-corrected chi connectivity index (χ4v) is 3.44. The molecule has 0 radical (unpaired) electrons. The van der Waals surface area contributed by atoms with Gasteiger partial charge in [-0.1, -0.05) is 23.7 Å². The van der Waals surface area contributed by atoms with Gasteiger partial charge in [-0.25, -0.2) is 9.97 Å². The average Bonchev–Trinajstić information content (AvgIpc) is 3.01. The Hall–Kier alpha value is -2.44. The van der Waals surface area contributed by atoms with Crippen LogP contribution in [0.2, 0.25) is 5.02 Å². The minimum atomic E-state index is -0.222. The van der Waals surface area contributed by atoms with E-state index >= 15 is 0 Å². The molecule has 3 rings (SSSR count). The van der Waals surface area contributed by atoms with Crippen LogP contribution in [0.3, 0.4) is 0 Å². The molecule has 1 aromatic carbocycles. The van der Waals surface area contributed by atoms with E-state index in [0.717, 1.165) is 16.9 Å². The number of benzene rings is 1. The van der Waals surface area contributed by atoms with Crippen molar-refractivity contribution in [3.05, 3.63) is 69.8 Å². The van der Waals surface area contributed by atoms with Crippen molar-refractivity contribution < 1.29 is 4.79 Å². The predicted octanol–water partition coefficient (Wildman–Crippen LogP) is 4.10. The maximum Gasteiger partial charge on any atom is 0.261 e. The van der Waals surface area contributed by atoms with Gasteiger partial charge in [-0.3, -0.25) is 10.1 Å². The Balaban J connectivity index is 1.72. The third-order valence-corrected chi connectivity index (χ3v) is 4.64. The molecule has 128 valence electrons. The molecule has 0 unspecified atom stereocenters. The van der Waals surface area contributed by atoms with E-state index in [4.69, 9.17) is 11.6 Å². The number of nitrogens with zero attached hydrogens (tertiary/aromatic N) is 3. The fraction of sp³-hybridized carbons (Fsp3) is 0.167. The number of nitrogens with one attached hydrogen (secondary N) is 1. The first-order valence-corrected chi connectivity index (χ1v) is 8.85. The molecule has 2 heterocycles. The lowest BCUT2D eigenvalue weighted by atomic mass is 10.1. The number of hydrogen-bond acceptors (Lipinski definition) is 5. The van der Waals surface area contributed by atoms with Crippen LogP contribution in [0.1, 0.15) is 20.8 Å². The lowest BCUT2D eigenvalue weighted by Crippen LogP contribution is -2.19. The molecule has 1 N–H and O–H groups in total. The van der Waals surface area contributed by atoms with Gasteiger partial charge in [0.1, 0.15) is 5.82 Å². The second-order valence-corrected chi connectivity index (χ2v) is 7.21. The van der Waals surface area contributed by atoms with E-state index in [1.54, 1.807) is 29.4 Å². The molecule has 2 aromatic heterocycles. The van der Waals surface area contributed by atoms with Crippen molar-refractivity contribution in [3.63, 3.8) is 0 Å². The van der Waals surface area contributed by atoms with Crippen molar-refractivity contribution in [3.8, 4) is 0 Å². The zero-order valence-corrected chi connectivity index (χ0v) is 15.4. The van der Waals surface area contributed by atoms with Crippen LogP contribution >= 0.6 is 22.9 Å². The first kappa shape index (κ1) is 17.4. The molecular formula is C18H17ClN4OS. The minimum absolute atomic E-state index is 0.222. The van der Waals surface area contributed by atoms with Crippen molar-refractivity contribution in [2.24, 2.45) is 0 Å². The van der Waals surface area contributed by atoms with Crippen molar-refractivity contribution in [1.29, 1.82) is 0 Å². The summed E-state index contributed by atoms with van der Waals surface area (Å²) < 4.78 is 0. The lowest BCUT2D eigenvalue weighted by Gasteiger charge is -2.14. The summed E-state index contributed by atoms with van der Waals surface area (Å²) in [5, 5.41) is 4.12. The minimum Gasteiger partial charge on any atom is -0.362 e. The van der Waals surface area contributed by atoms with Gasteiger partial charge in [0.05, 0.1) is 5.56 Å². The molecule has 0 aliphatic heterocycles. The Morgan fingerprint density at radius 1 is 1.24 bits per heavy atom. The molecular weight excluding hydrogens is 356 g/mol. The molecule has 0 aliphatic carbocycles. The number of anilines is 2. The summed E-state index contributed by atoms with van der Waals surface area (Å²) in [6.07, 6.45) is 4.17. The quantitative estimate of drug-likeness (QED) is 0.732. The molecule has 0 saturated heterocycles. The van der Waals surface area contributed by atoms with Gasteiger partial charge in [-0.15, -0.1) is 11.3 Å². The van der Waals surface area contributed by atoms with Crippen LogP contribution < -0.4 is 10.2 Å². The van der Waals surface area contributed by atoms with Crippen molar-refractivity contribution in [1.82, 2.24) is 9.97 Å². The van der Waals surface area contributed by atoms with Gasteiger partial charge in [-0.2, -0.15) is 0 Å². The standard InChI is InChI=1S/C18H17ClN4OS/c1-23(2)16-15(7-4-8-20-16)17(24)22-18-21-11-14(25-18)10-12-5-3-6-13(19)9-12/h3-9,11H,10H2,1-2H3,(H,21,22,24). The molecule has 1 amide bonds. The van der Waals surface area contributed by atoms with E-state index in [1.165, 1.54) is 11.3 Å². The number of pyridine rings is 1. The molecule has 0 saturated carbocycles. The zero-order chi connectivity index (χ0) is 17.8. The van der Waals surface area contributed by atoms with E-state index in [9.17, 15) is 4.79 Å². The molecule has 0 atom stereocenters. The van der Waals surface area contributed by atoms with Crippen LogP contribution in [0.25, 0.3) is 0 Å². The molecule has 3 aromatic rings. The van der Waals surface area contributed by atoms with E-state index < -0.39 is 0 Å². The zero-order valence-electron chi connectivity index (χ0n) is 13.9. The number of carbonyl (C=O) groups excluding carboxylic acids is 1. The van der Waals surface area contributed by atoms with Gasteiger partial charge in [-0.05, 0) is 29.8 Å². The Bertz CT molecular complexity index is 894. The summed E-state index contributed by atoms with van der Waals surface area (Å²) in [7, 11) is 3.71. The number of rotatable bonds is 5. The molecule has 0 bridgehead atoms. The predicted molar refractivity (Wildman–Crippen MR) is 103 cm³/mol. The lowest BCUT2D eigenvalue weighted by molar-refractivity contribution is 0.102.